The number of fused-ring (bicyclic) bond motifs is 1. The molecule has 4 heterocycles. The van der Waals surface area contributed by atoms with Gasteiger partial charge in [0.25, 0.3) is 5.91 Å². The van der Waals surface area contributed by atoms with Crippen LogP contribution < -0.4 is 5.32 Å². The van der Waals surface area contributed by atoms with Crippen molar-refractivity contribution in [2.45, 2.75) is 50.4 Å². The second kappa shape index (κ2) is 8.52. The number of pyridine rings is 1. The number of likely N-dealkylation sites (tertiary alicyclic amines) is 1. The highest BCUT2D eigenvalue weighted by atomic mass is 35.5. The van der Waals surface area contributed by atoms with Crippen molar-refractivity contribution in [3.05, 3.63) is 63.9 Å². The zero-order valence-electron chi connectivity index (χ0n) is 18.1. The summed E-state index contributed by atoms with van der Waals surface area (Å²) in [6.07, 6.45) is 1.60. The van der Waals surface area contributed by atoms with Crippen molar-refractivity contribution in [3.8, 4) is 0 Å². The Morgan fingerprint density at radius 2 is 1.82 bits per heavy atom. The number of amides is 3. The number of nitrogens with one attached hydrogen (secondary N) is 1. The number of piperidine rings is 2. The molecule has 0 bridgehead atoms. The van der Waals surface area contributed by atoms with E-state index in [0.717, 1.165) is 19.6 Å². The number of hydrogen-bond acceptors (Lipinski definition) is 6. The lowest BCUT2D eigenvalue weighted by Crippen LogP contribution is -2.52. The number of benzene rings is 1. The molecule has 2 aromatic rings. The number of carbonyl (C=O) groups excluding carboxylic acids is 3. The molecule has 172 valence electrons. The van der Waals surface area contributed by atoms with Gasteiger partial charge in [-0.3, -0.25) is 29.6 Å². The van der Waals surface area contributed by atoms with Gasteiger partial charge in [0, 0.05) is 31.1 Å². The fraction of sp³-hybridized carbons (Fsp3) is 0.417. The molecule has 0 radical (unpaired) electrons. The van der Waals surface area contributed by atoms with Crippen LogP contribution in [-0.4, -0.2) is 56.7 Å². The quantitative estimate of drug-likeness (QED) is 0.665. The monoisotopic (exact) mass is 468 g/mol. The van der Waals surface area contributed by atoms with Crippen LogP contribution in [0.3, 0.4) is 0 Å². The van der Waals surface area contributed by atoms with Gasteiger partial charge in [0.1, 0.15) is 11.6 Å². The fourth-order valence-electron chi connectivity index (χ4n) is 4.88. The van der Waals surface area contributed by atoms with E-state index in [1.807, 2.05) is 24.3 Å². The maximum Gasteiger partial charge on any atom is 0.256 e. The summed E-state index contributed by atoms with van der Waals surface area (Å²) in [6.45, 7) is 2.44. The highest BCUT2D eigenvalue weighted by Crippen LogP contribution is 2.35. The molecule has 33 heavy (non-hydrogen) atoms. The minimum Gasteiger partial charge on any atom is -0.383 e. The van der Waals surface area contributed by atoms with Gasteiger partial charge in [-0.15, -0.1) is 0 Å². The van der Waals surface area contributed by atoms with Gasteiger partial charge in [0.05, 0.1) is 23.5 Å². The summed E-state index contributed by atoms with van der Waals surface area (Å²) in [5.74, 6) is -1.02. The molecule has 0 spiro atoms. The Bertz CT molecular complexity index is 1110. The SMILES string of the molecule is O=C1CCC(N2Cc3nc(C4(O)CCN(Cc5ccc(Cl)cc5)CC4)ccc3C2=O)C(=O)N1. The molecule has 0 aliphatic carbocycles. The van der Waals surface area contributed by atoms with Crippen LogP contribution in [0.5, 0.6) is 0 Å². The Balaban J connectivity index is 1.26. The maximum absolute atomic E-state index is 12.9. The molecule has 0 saturated carbocycles. The Kier molecular flexibility index (Phi) is 5.68. The number of aromatic nitrogens is 1. The maximum atomic E-state index is 12.9. The van der Waals surface area contributed by atoms with Crippen LogP contribution in [-0.2, 0) is 28.3 Å². The Morgan fingerprint density at radius 1 is 1.09 bits per heavy atom. The first-order valence-electron chi connectivity index (χ1n) is 11.2. The average Bonchev–Trinajstić information content (AvgIpc) is 3.13. The second-order valence-electron chi connectivity index (χ2n) is 9.02. The van der Waals surface area contributed by atoms with Crippen LogP contribution >= 0.6 is 11.6 Å². The first kappa shape index (κ1) is 22.0. The molecule has 3 aliphatic rings. The van der Waals surface area contributed by atoms with E-state index < -0.39 is 17.6 Å². The van der Waals surface area contributed by atoms with Gasteiger partial charge in [0.15, 0.2) is 0 Å². The Morgan fingerprint density at radius 3 is 2.52 bits per heavy atom. The molecule has 2 saturated heterocycles. The molecule has 8 nitrogen and oxygen atoms in total. The number of imide groups is 1. The van der Waals surface area contributed by atoms with Crippen LogP contribution in [0.1, 0.15) is 53.0 Å². The van der Waals surface area contributed by atoms with E-state index >= 15 is 0 Å². The molecule has 1 aromatic carbocycles. The molecule has 1 aromatic heterocycles. The molecule has 2 fully saturated rings. The predicted octanol–water partition coefficient (Wildman–Crippen LogP) is 1.98. The minimum absolute atomic E-state index is 0.201. The summed E-state index contributed by atoms with van der Waals surface area (Å²) in [5.41, 5.74) is 1.70. The summed E-state index contributed by atoms with van der Waals surface area (Å²) in [6, 6.07) is 10.5. The number of aliphatic hydroxyl groups is 1. The third-order valence-electron chi connectivity index (χ3n) is 6.85. The molecule has 3 amide bonds. The number of hydrogen-bond donors (Lipinski definition) is 2. The summed E-state index contributed by atoms with van der Waals surface area (Å²) < 4.78 is 0. The Labute approximate surface area is 196 Å². The topological polar surface area (TPSA) is 103 Å². The number of halogens is 1. The molecule has 1 atom stereocenters. The number of rotatable bonds is 4. The van der Waals surface area contributed by atoms with Crippen molar-refractivity contribution < 1.29 is 19.5 Å². The third-order valence-corrected chi connectivity index (χ3v) is 7.10. The first-order chi connectivity index (χ1) is 15.8. The molecule has 5 rings (SSSR count). The van der Waals surface area contributed by atoms with Gasteiger partial charge in [-0.05, 0) is 49.1 Å². The van der Waals surface area contributed by atoms with E-state index in [4.69, 9.17) is 11.6 Å². The zero-order chi connectivity index (χ0) is 23.2. The van der Waals surface area contributed by atoms with Crippen molar-refractivity contribution >= 4 is 29.3 Å². The van der Waals surface area contributed by atoms with E-state index in [0.29, 0.717) is 41.2 Å². The largest absolute Gasteiger partial charge is 0.383 e. The van der Waals surface area contributed by atoms with Gasteiger partial charge < -0.3 is 10.0 Å². The van der Waals surface area contributed by atoms with Crippen LogP contribution in [0.2, 0.25) is 5.02 Å². The lowest BCUT2D eigenvalue weighted by molar-refractivity contribution is -0.136. The Hall–Kier alpha value is -2.81. The van der Waals surface area contributed by atoms with Crippen LogP contribution in [0.4, 0.5) is 0 Å². The van der Waals surface area contributed by atoms with Gasteiger partial charge in [0.2, 0.25) is 11.8 Å². The minimum atomic E-state index is -1.06. The average molecular weight is 469 g/mol. The fourth-order valence-corrected chi connectivity index (χ4v) is 5.01. The van der Waals surface area contributed by atoms with E-state index in [9.17, 15) is 19.5 Å². The normalized spacial score (nSPS) is 22.9. The van der Waals surface area contributed by atoms with E-state index in [2.05, 4.69) is 15.2 Å². The molecule has 1 unspecified atom stereocenters. The summed E-state index contributed by atoms with van der Waals surface area (Å²) >= 11 is 5.96. The predicted molar refractivity (Wildman–Crippen MR) is 120 cm³/mol. The summed E-state index contributed by atoms with van der Waals surface area (Å²) in [5, 5.41) is 14.4. The highest BCUT2D eigenvalue weighted by Gasteiger charge is 2.41. The lowest BCUT2D eigenvalue weighted by atomic mass is 9.87. The van der Waals surface area contributed by atoms with Gasteiger partial charge >= 0.3 is 0 Å². The summed E-state index contributed by atoms with van der Waals surface area (Å²) in [4.78, 5) is 45.0. The second-order valence-corrected chi connectivity index (χ2v) is 9.46. The van der Waals surface area contributed by atoms with Crippen molar-refractivity contribution in [1.29, 1.82) is 0 Å². The molecule has 9 heteroatoms. The van der Waals surface area contributed by atoms with Gasteiger partial charge in [-0.1, -0.05) is 23.7 Å². The third kappa shape index (κ3) is 4.26. The van der Waals surface area contributed by atoms with Crippen molar-refractivity contribution in [2.75, 3.05) is 13.1 Å². The lowest BCUT2D eigenvalue weighted by Gasteiger charge is -2.38. The van der Waals surface area contributed by atoms with Crippen LogP contribution in [0, 0.1) is 0 Å². The van der Waals surface area contributed by atoms with E-state index in [1.165, 1.54) is 10.5 Å². The first-order valence-corrected chi connectivity index (χ1v) is 11.5. The molecule has 2 N–H and O–H groups in total. The standard InChI is InChI=1S/C24H25ClN4O4/c25-16-3-1-15(2-4-16)13-28-11-9-24(33,10-12-28)20-7-5-17-18(26-20)14-29(23(17)32)19-6-8-21(30)27-22(19)31/h1-5,7,19,33H,6,8-14H2,(H,27,30,31). The van der Waals surface area contributed by atoms with E-state index in [-0.39, 0.29) is 24.8 Å². The molecular formula is C24H25ClN4O4. The van der Waals surface area contributed by atoms with E-state index in [1.54, 1.807) is 12.1 Å². The molecule has 3 aliphatic heterocycles. The van der Waals surface area contributed by atoms with Crippen molar-refractivity contribution in [3.63, 3.8) is 0 Å². The number of nitrogens with zero attached hydrogens (tertiary/aromatic N) is 3. The van der Waals surface area contributed by atoms with Gasteiger partial charge in [-0.25, -0.2) is 0 Å². The summed E-state index contributed by atoms with van der Waals surface area (Å²) in [7, 11) is 0. The van der Waals surface area contributed by atoms with Gasteiger partial charge in [-0.2, -0.15) is 0 Å². The van der Waals surface area contributed by atoms with Crippen LogP contribution in [0.15, 0.2) is 36.4 Å². The van der Waals surface area contributed by atoms with Crippen molar-refractivity contribution in [2.24, 2.45) is 0 Å². The smallest absolute Gasteiger partial charge is 0.256 e. The zero-order valence-corrected chi connectivity index (χ0v) is 18.8. The molecular weight excluding hydrogens is 444 g/mol. The van der Waals surface area contributed by atoms with Crippen molar-refractivity contribution in [1.82, 2.24) is 20.1 Å². The number of carbonyl (C=O) groups is 3. The highest BCUT2D eigenvalue weighted by molar-refractivity contribution is 6.30. The van der Waals surface area contributed by atoms with Crippen LogP contribution in [0.25, 0.3) is 0 Å².